The Kier molecular flexibility index (Phi) is 9.30. The predicted molar refractivity (Wildman–Crippen MR) is 165 cm³/mol. The molecule has 9 atom stereocenters. The third kappa shape index (κ3) is 5.00. The van der Waals surface area contributed by atoms with Gasteiger partial charge in [0, 0.05) is 0 Å². The highest BCUT2D eigenvalue weighted by atomic mass is 16.3. The van der Waals surface area contributed by atoms with Gasteiger partial charge in [-0.15, -0.1) is 0 Å². The average molecular weight is 527 g/mol. The van der Waals surface area contributed by atoms with E-state index in [0.29, 0.717) is 22.2 Å². The first kappa shape index (κ1) is 30.7. The second-order valence-electron chi connectivity index (χ2n) is 16.0. The van der Waals surface area contributed by atoms with Crippen molar-refractivity contribution in [2.75, 3.05) is 0 Å². The quantitative estimate of drug-likeness (QED) is 0.296. The van der Waals surface area contributed by atoms with E-state index in [2.05, 4.69) is 48.1 Å². The van der Waals surface area contributed by atoms with E-state index < -0.39 is 0 Å². The number of hydrogen-bond donors (Lipinski definition) is 1. The molecule has 1 N–H and O–H groups in total. The fourth-order valence-corrected chi connectivity index (χ4v) is 11.4. The van der Waals surface area contributed by atoms with E-state index in [1.807, 2.05) is 13.8 Å². The summed E-state index contributed by atoms with van der Waals surface area (Å²) in [5.74, 6) is 5.18. The Morgan fingerprint density at radius 1 is 0.868 bits per heavy atom. The third-order valence-corrected chi connectivity index (χ3v) is 14.2. The zero-order chi connectivity index (χ0) is 27.9. The van der Waals surface area contributed by atoms with Gasteiger partial charge in [-0.05, 0) is 141 Å². The van der Waals surface area contributed by atoms with E-state index in [9.17, 15) is 5.11 Å². The first-order valence-corrected chi connectivity index (χ1v) is 17.3. The van der Waals surface area contributed by atoms with Crippen LogP contribution in [0.4, 0.5) is 0 Å². The van der Waals surface area contributed by atoms with E-state index in [4.69, 9.17) is 0 Å². The summed E-state index contributed by atoms with van der Waals surface area (Å²) in [5.41, 5.74) is 3.40. The summed E-state index contributed by atoms with van der Waals surface area (Å²) in [5, 5.41) is 11.4. The molecule has 5 aliphatic carbocycles. The Balaban J connectivity index is 0.00000164. The van der Waals surface area contributed by atoms with Crippen LogP contribution in [0.1, 0.15) is 158 Å². The molecule has 5 aliphatic rings. The fourth-order valence-electron chi connectivity index (χ4n) is 11.4. The minimum atomic E-state index is -0.0800. The Morgan fingerprint density at radius 3 is 2.18 bits per heavy atom. The second kappa shape index (κ2) is 11.5. The van der Waals surface area contributed by atoms with E-state index in [1.165, 1.54) is 102 Å². The summed E-state index contributed by atoms with van der Waals surface area (Å²) in [6.07, 6.45) is 21.8. The lowest BCUT2D eigenvalue weighted by Crippen LogP contribution is -2.48. The van der Waals surface area contributed by atoms with Crippen molar-refractivity contribution in [3.63, 3.8) is 0 Å². The summed E-state index contributed by atoms with van der Waals surface area (Å²) in [6.45, 7) is 23.3. The van der Waals surface area contributed by atoms with Gasteiger partial charge in [-0.25, -0.2) is 0 Å². The smallest absolute Gasteiger partial charge is 0.0594 e. The monoisotopic (exact) mass is 527 g/mol. The first-order valence-electron chi connectivity index (χ1n) is 17.3. The molecule has 0 saturated heterocycles. The molecule has 1 heteroatoms. The molecule has 0 aromatic rings. The van der Waals surface area contributed by atoms with E-state index in [1.54, 1.807) is 0 Å². The van der Waals surface area contributed by atoms with E-state index in [-0.39, 0.29) is 11.5 Å². The van der Waals surface area contributed by atoms with Crippen molar-refractivity contribution < 1.29 is 5.11 Å². The molecule has 5 rings (SSSR count). The van der Waals surface area contributed by atoms with Gasteiger partial charge in [0.15, 0.2) is 0 Å². The van der Waals surface area contributed by atoms with Crippen molar-refractivity contribution in [3.8, 4) is 0 Å². The average Bonchev–Trinajstić information content (AvgIpc) is 3.46. The molecule has 5 saturated carbocycles. The third-order valence-electron chi connectivity index (χ3n) is 14.2. The van der Waals surface area contributed by atoms with Gasteiger partial charge in [-0.3, -0.25) is 0 Å². The van der Waals surface area contributed by atoms with Crippen LogP contribution < -0.4 is 0 Å². The topological polar surface area (TPSA) is 20.2 Å². The number of aliphatic hydroxyl groups excluding tert-OH is 1. The Labute approximate surface area is 238 Å². The second-order valence-corrected chi connectivity index (χ2v) is 16.0. The van der Waals surface area contributed by atoms with Crippen LogP contribution in [0.3, 0.4) is 0 Å². The van der Waals surface area contributed by atoms with Gasteiger partial charge < -0.3 is 5.11 Å². The standard InChI is InChI=1S/C35H60O.C2H6/c1-24(2)25(3)11-12-26(4)28-15-16-29-30-14-13-27(5)34(23-35(30,34)22-21-33(28,29)7)20-17-31(36)32(6)18-9-8-10-19-32;1-2/h24,26-31,36H,3,8-23H2,1-2,4-7H3;1-2H3. The maximum atomic E-state index is 11.4. The van der Waals surface area contributed by atoms with Gasteiger partial charge in [0.25, 0.3) is 0 Å². The summed E-state index contributed by atoms with van der Waals surface area (Å²) < 4.78 is 0. The Hall–Kier alpha value is -0.300. The van der Waals surface area contributed by atoms with Gasteiger partial charge >= 0.3 is 0 Å². The fraction of sp³-hybridized carbons (Fsp3) is 0.946. The van der Waals surface area contributed by atoms with Gasteiger partial charge in [-0.2, -0.15) is 0 Å². The van der Waals surface area contributed by atoms with Crippen LogP contribution >= 0.6 is 0 Å². The van der Waals surface area contributed by atoms with Crippen LogP contribution in [0.2, 0.25) is 0 Å². The zero-order valence-corrected chi connectivity index (χ0v) is 27.0. The van der Waals surface area contributed by atoms with Crippen molar-refractivity contribution in [2.24, 2.45) is 57.2 Å². The predicted octanol–water partition coefficient (Wildman–Crippen LogP) is 11.0. The SMILES string of the molecule is C=C(CCC(C)C1CCC2C3CCC(C)C4(CCC(O)C5(C)CCCCC5)CC34CCC12C)C(C)C.CC. The Bertz CT molecular complexity index is 806. The Morgan fingerprint density at radius 2 is 1.53 bits per heavy atom. The van der Waals surface area contributed by atoms with Crippen LogP contribution in [0, 0.1) is 57.2 Å². The van der Waals surface area contributed by atoms with Gasteiger partial charge in [-0.1, -0.05) is 86.8 Å². The molecular weight excluding hydrogens is 460 g/mol. The molecule has 0 radical (unpaired) electrons. The largest absolute Gasteiger partial charge is 0.393 e. The highest BCUT2D eigenvalue weighted by molar-refractivity contribution is 5.25. The van der Waals surface area contributed by atoms with Crippen molar-refractivity contribution in [3.05, 3.63) is 12.2 Å². The lowest BCUT2D eigenvalue weighted by Gasteiger charge is -2.55. The summed E-state index contributed by atoms with van der Waals surface area (Å²) in [4.78, 5) is 0. The number of allylic oxidation sites excluding steroid dienone is 1. The molecule has 5 fully saturated rings. The molecule has 0 aromatic carbocycles. The number of rotatable bonds is 9. The highest BCUT2D eigenvalue weighted by Gasteiger charge is 2.76. The van der Waals surface area contributed by atoms with Crippen LogP contribution in [0.15, 0.2) is 12.2 Å². The highest BCUT2D eigenvalue weighted by Crippen LogP contribution is 2.84. The maximum Gasteiger partial charge on any atom is 0.0594 e. The summed E-state index contributed by atoms with van der Waals surface area (Å²) in [7, 11) is 0. The molecule has 0 amide bonds. The molecule has 0 aromatic heterocycles. The normalized spacial score (nSPS) is 42.7. The van der Waals surface area contributed by atoms with Crippen molar-refractivity contribution in [1.82, 2.24) is 0 Å². The molecule has 0 bridgehead atoms. The van der Waals surface area contributed by atoms with Crippen molar-refractivity contribution >= 4 is 0 Å². The van der Waals surface area contributed by atoms with Crippen LogP contribution in [0.25, 0.3) is 0 Å². The van der Waals surface area contributed by atoms with Crippen LogP contribution in [-0.2, 0) is 0 Å². The van der Waals surface area contributed by atoms with Gasteiger partial charge in [0.2, 0.25) is 0 Å². The molecule has 38 heavy (non-hydrogen) atoms. The maximum absolute atomic E-state index is 11.4. The zero-order valence-electron chi connectivity index (χ0n) is 27.0. The summed E-state index contributed by atoms with van der Waals surface area (Å²) >= 11 is 0. The van der Waals surface area contributed by atoms with Gasteiger partial charge in [0.1, 0.15) is 0 Å². The molecule has 220 valence electrons. The molecule has 1 nitrogen and oxygen atoms in total. The minimum absolute atomic E-state index is 0.0800. The lowest BCUT2D eigenvalue weighted by atomic mass is 9.50. The molecule has 0 heterocycles. The van der Waals surface area contributed by atoms with Crippen molar-refractivity contribution in [1.29, 1.82) is 0 Å². The molecular formula is C37H66O. The van der Waals surface area contributed by atoms with E-state index >= 15 is 0 Å². The first-order chi connectivity index (χ1) is 18.0. The number of aliphatic hydroxyl groups is 1. The lowest BCUT2D eigenvalue weighted by molar-refractivity contribution is -0.0677. The van der Waals surface area contributed by atoms with Crippen LogP contribution in [-0.4, -0.2) is 11.2 Å². The molecule has 0 aliphatic heterocycles. The number of hydrogen-bond acceptors (Lipinski definition) is 1. The molecule has 1 spiro atoms. The summed E-state index contributed by atoms with van der Waals surface area (Å²) in [6, 6.07) is 0. The van der Waals surface area contributed by atoms with Crippen LogP contribution in [0.5, 0.6) is 0 Å². The van der Waals surface area contributed by atoms with Crippen molar-refractivity contribution in [2.45, 2.75) is 164 Å². The number of fused-ring (bicyclic) bond motifs is 2. The van der Waals surface area contributed by atoms with E-state index in [0.717, 1.165) is 36.0 Å². The minimum Gasteiger partial charge on any atom is -0.393 e. The molecule has 9 unspecified atom stereocenters. The van der Waals surface area contributed by atoms with Gasteiger partial charge in [0.05, 0.1) is 6.10 Å².